The first-order valence-corrected chi connectivity index (χ1v) is 21.2. The molecule has 1 saturated heterocycles. The van der Waals surface area contributed by atoms with Crippen molar-refractivity contribution in [2.75, 3.05) is 19.0 Å². The molecule has 0 spiro atoms. The number of aliphatic hydroxyl groups excluding tert-OH is 3. The maximum atomic E-state index is 12.7. The molecule has 0 saturated carbocycles. The standard InChI is InChI=1S/C37H70O12S.Na/c1-3-5-7-9-11-13-15-17-19-21-23-25-32(38)46-27-30(48-33(39)26-24-22-20-18-16-14-12-10-8-6-4-2)28-47-37-36(42)35(41)34(40)31(49-37)29-50(43,44)45;/h30-31,34-37,40-42H,3-29H2,1-2H3,(H,43,44,45);/q;+1/p-1. The van der Waals surface area contributed by atoms with Crippen LogP contribution < -0.4 is 29.6 Å². The molecule has 0 amide bonds. The number of hydrogen-bond acceptors (Lipinski definition) is 12. The van der Waals surface area contributed by atoms with Gasteiger partial charge >= 0.3 is 41.5 Å². The number of hydrogen-bond donors (Lipinski definition) is 3. The Morgan fingerprint density at radius 2 is 1.04 bits per heavy atom. The number of carbonyl (C=O) groups excluding carboxylic acids is 2. The summed E-state index contributed by atoms with van der Waals surface area (Å²) in [4.78, 5) is 25.2. The number of ether oxygens (including phenoxy) is 4. The van der Waals surface area contributed by atoms with Crippen LogP contribution in [-0.4, -0.2) is 96.0 Å². The molecular formula is C37H69NaO12S. The van der Waals surface area contributed by atoms with Crippen LogP contribution in [0.2, 0.25) is 0 Å². The molecule has 1 rings (SSSR count). The summed E-state index contributed by atoms with van der Waals surface area (Å²) in [6.07, 6.45) is 15.7. The van der Waals surface area contributed by atoms with Gasteiger partial charge in [-0.25, -0.2) is 8.42 Å². The second-order valence-electron chi connectivity index (χ2n) is 13.9. The Morgan fingerprint density at radius 3 is 1.47 bits per heavy atom. The topological polar surface area (TPSA) is 189 Å². The molecule has 12 nitrogen and oxygen atoms in total. The van der Waals surface area contributed by atoms with E-state index in [9.17, 15) is 37.9 Å². The fourth-order valence-corrected chi connectivity index (χ4v) is 6.76. The van der Waals surface area contributed by atoms with Crippen LogP contribution in [0.3, 0.4) is 0 Å². The summed E-state index contributed by atoms with van der Waals surface area (Å²) < 4.78 is 55.5. The molecule has 296 valence electrons. The minimum absolute atomic E-state index is 0. The first kappa shape index (κ1) is 50.6. The average molecular weight is 761 g/mol. The molecule has 0 radical (unpaired) electrons. The molecule has 14 heteroatoms. The summed E-state index contributed by atoms with van der Waals surface area (Å²) in [6.45, 7) is 3.69. The van der Waals surface area contributed by atoms with Crippen LogP contribution in [0.15, 0.2) is 0 Å². The van der Waals surface area contributed by atoms with Gasteiger partial charge in [0.15, 0.2) is 12.4 Å². The van der Waals surface area contributed by atoms with E-state index >= 15 is 0 Å². The number of rotatable bonds is 32. The number of carbonyl (C=O) groups is 2. The van der Waals surface area contributed by atoms with Crippen molar-refractivity contribution in [3.05, 3.63) is 0 Å². The van der Waals surface area contributed by atoms with E-state index in [1.807, 2.05) is 0 Å². The van der Waals surface area contributed by atoms with E-state index in [0.717, 1.165) is 38.5 Å². The smallest absolute Gasteiger partial charge is 0.748 e. The van der Waals surface area contributed by atoms with Crippen LogP contribution in [0, 0.1) is 0 Å². The first-order valence-electron chi connectivity index (χ1n) is 19.6. The Balaban J connectivity index is 0.0000250. The monoisotopic (exact) mass is 760 g/mol. The van der Waals surface area contributed by atoms with Crippen molar-refractivity contribution in [3.8, 4) is 0 Å². The predicted molar refractivity (Wildman–Crippen MR) is 190 cm³/mol. The van der Waals surface area contributed by atoms with Crippen molar-refractivity contribution in [1.82, 2.24) is 0 Å². The maximum absolute atomic E-state index is 12.7. The molecule has 0 aromatic heterocycles. The number of esters is 2. The summed E-state index contributed by atoms with van der Waals surface area (Å²) in [5, 5.41) is 30.6. The van der Waals surface area contributed by atoms with Gasteiger partial charge in [-0.1, -0.05) is 142 Å². The SMILES string of the molecule is CCCCCCCCCCCCCC(=O)OCC(COC1OC(CS(=O)(=O)[O-])C(O)C(O)C1O)OC(=O)CCCCCCCCCCCCC.[Na+]. The van der Waals surface area contributed by atoms with E-state index in [0.29, 0.717) is 12.8 Å². The summed E-state index contributed by atoms with van der Waals surface area (Å²) in [5.74, 6) is -2.10. The minimum atomic E-state index is -4.84. The molecule has 51 heavy (non-hydrogen) atoms. The van der Waals surface area contributed by atoms with E-state index in [1.165, 1.54) is 89.9 Å². The van der Waals surface area contributed by atoms with Crippen molar-refractivity contribution in [1.29, 1.82) is 0 Å². The third kappa shape index (κ3) is 27.0. The van der Waals surface area contributed by atoms with Gasteiger partial charge in [-0.05, 0) is 12.8 Å². The zero-order valence-corrected chi connectivity index (χ0v) is 34.8. The second-order valence-corrected chi connectivity index (χ2v) is 15.4. The van der Waals surface area contributed by atoms with Crippen molar-refractivity contribution < 1.29 is 86.4 Å². The van der Waals surface area contributed by atoms with E-state index in [2.05, 4.69) is 13.8 Å². The number of unbranched alkanes of at least 4 members (excludes halogenated alkanes) is 20. The van der Waals surface area contributed by atoms with Crippen LogP contribution in [0.25, 0.3) is 0 Å². The van der Waals surface area contributed by atoms with Crippen LogP contribution in [0.5, 0.6) is 0 Å². The second kappa shape index (κ2) is 31.9. The largest absolute Gasteiger partial charge is 1.00 e. The van der Waals surface area contributed by atoms with Crippen molar-refractivity contribution in [2.24, 2.45) is 0 Å². The summed E-state index contributed by atoms with van der Waals surface area (Å²) in [5.41, 5.74) is 0. The molecule has 3 N–H and O–H groups in total. The van der Waals surface area contributed by atoms with Crippen LogP contribution in [-0.2, 0) is 38.7 Å². The fraction of sp³-hybridized carbons (Fsp3) is 0.946. The summed E-state index contributed by atoms with van der Waals surface area (Å²) >= 11 is 0. The third-order valence-electron chi connectivity index (χ3n) is 9.18. The molecule has 6 atom stereocenters. The van der Waals surface area contributed by atoms with Gasteiger partial charge in [0.25, 0.3) is 0 Å². The molecule has 1 aliphatic rings. The van der Waals surface area contributed by atoms with Crippen LogP contribution in [0.4, 0.5) is 0 Å². The Labute approximate surface area is 330 Å². The van der Waals surface area contributed by atoms with E-state index in [-0.39, 0.29) is 49.0 Å². The van der Waals surface area contributed by atoms with Crippen molar-refractivity contribution in [2.45, 2.75) is 205 Å². The molecule has 1 fully saturated rings. The summed E-state index contributed by atoms with van der Waals surface area (Å²) in [6, 6.07) is 0. The van der Waals surface area contributed by atoms with Gasteiger partial charge in [-0.15, -0.1) is 0 Å². The fourth-order valence-electron chi connectivity index (χ4n) is 6.08. The zero-order chi connectivity index (χ0) is 37.0. The molecular weight excluding hydrogens is 691 g/mol. The zero-order valence-electron chi connectivity index (χ0n) is 32.0. The van der Waals surface area contributed by atoms with Gasteiger partial charge < -0.3 is 38.8 Å². The van der Waals surface area contributed by atoms with Gasteiger partial charge in [0.05, 0.1) is 22.5 Å². The van der Waals surface area contributed by atoms with Gasteiger partial charge in [-0.2, -0.15) is 0 Å². The first-order chi connectivity index (χ1) is 24.0. The van der Waals surface area contributed by atoms with Gasteiger partial charge in [0.1, 0.15) is 31.0 Å². The molecule has 0 aromatic rings. The number of aliphatic hydroxyl groups is 3. The molecule has 6 unspecified atom stereocenters. The van der Waals surface area contributed by atoms with Gasteiger partial charge in [0, 0.05) is 12.8 Å². The molecule has 0 bridgehead atoms. The van der Waals surface area contributed by atoms with Crippen LogP contribution >= 0.6 is 0 Å². The Kier molecular flexibility index (Phi) is 31.7. The molecule has 1 aliphatic heterocycles. The Bertz CT molecular complexity index is 969. The molecule has 0 aromatic carbocycles. The third-order valence-corrected chi connectivity index (χ3v) is 9.92. The average Bonchev–Trinajstić information content (AvgIpc) is 3.07. The predicted octanol–water partition coefficient (Wildman–Crippen LogP) is 3.22. The van der Waals surface area contributed by atoms with Gasteiger partial charge in [-0.3, -0.25) is 9.59 Å². The maximum Gasteiger partial charge on any atom is 1.00 e. The van der Waals surface area contributed by atoms with Crippen molar-refractivity contribution in [3.63, 3.8) is 0 Å². The van der Waals surface area contributed by atoms with Crippen molar-refractivity contribution >= 4 is 22.1 Å². The quantitative estimate of drug-likeness (QED) is 0.0394. The summed E-state index contributed by atoms with van der Waals surface area (Å²) in [7, 11) is -4.84. The van der Waals surface area contributed by atoms with Gasteiger partial charge in [0.2, 0.25) is 0 Å². The normalized spacial score (nSPS) is 21.2. The van der Waals surface area contributed by atoms with Crippen LogP contribution in [0.1, 0.15) is 168 Å². The Morgan fingerprint density at radius 1 is 0.627 bits per heavy atom. The van der Waals surface area contributed by atoms with E-state index < -0.39 is 71.2 Å². The minimum Gasteiger partial charge on any atom is -0.748 e. The van der Waals surface area contributed by atoms with E-state index in [1.54, 1.807) is 0 Å². The van der Waals surface area contributed by atoms with E-state index in [4.69, 9.17) is 18.9 Å². The molecule has 0 aliphatic carbocycles. The molecule has 1 heterocycles. The Hall–Kier alpha value is -0.350.